The average molecular weight is 402 g/mol. The Morgan fingerprint density at radius 3 is 2.50 bits per heavy atom. The van der Waals surface area contributed by atoms with Gasteiger partial charge in [0.05, 0.1) is 39.1 Å². The number of aliphatic hydroxyl groups is 2. The number of rotatable bonds is 10. The van der Waals surface area contributed by atoms with Gasteiger partial charge in [-0.25, -0.2) is 0 Å². The lowest BCUT2D eigenvalue weighted by Crippen LogP contribution is -2.23. The summed E-state index contributed by atoms with van der Waals surface area (Å²) in [7, 11) is 0. The molecule has 2 aromatic rings. The minimum atomic E-state index is -0.844. The van der Waals surface area contributed by atoms with Crippen LogP contribution >= 0.6 is 23.2 Å². The molecular formula is C18H21Cl2NO5. The fourth-order valence-corrected chi connectivity index (χ4v) is 2.72. The first kappa shape index (κ1) is 20.9. The third-order valence-electron chi connectivity index (χ3n) is 3.68. The van der Waals surface area contributed by atoms with Crippen LogP contribution in [0.2, 0.25) is 10.0 Å². The van der Waals surface area contributed by atoms with Gasteiger partial charge in [0.1, 0.15) is 5.75 Å². The molecule has 2 rings (SSSR count). The molecule has 0 aliphatic rings. The van der Waals surface area contributed by atoms with E-state index in [0.717, 1.165) is 5.56 Å². The van der Waals surface area contributed by atoms with Gasteiger partial charge in [-0.3, -0.25) is 4.84 Å². The van der Waals surface area contributed by atoms with Gasteiger partial charge >= 0.3 is 0 Å². The summed E-state index contributed by atoms with van der Waals surface area (Å²) < 4.78 is 5.46. The van der Waals surface area contributed by atoms with Crippen LogP contribution in [0, 0.1) is 0 Å². The molecule has 0 unspecified atom stereocenters. The first-order valence-electron chi connectivity index (χ1n) is 7.99. The first-order valence-corrected chi connectivity index (χ1v) is 8.74. The maximum Gasteiger partial charge on any atom is 0.121 e. The Balaban J connectivity index is 1.64. The highest BCUT2D eigenvalue weighted by atomic mass is 35.5. The Morgan fingerprint density at radius 2 is 1.81 bits per heavy atom. The van der Waals surface area contributed by atoms with Gasteiger partial charge in [0.15, 0.2) is 0 Å². The molecule has 142 valence electrons. The lowest BCUT2D eigenvalue weighted by atomic mass is 10.1. The zero-order chi connectivity index (χ0) is 18.9. The summed E-state index contributed by atoms with van der Waals surface area (Å²) in [6.45, 7) is 0.710. The van der Waals surface area contributed by atoms with E-state index in [2.05, 4.69) is 5.48 Å². The van der Waals surface area contributed by atoms with E-state index >= 15 is 0 Å². The van der Waals surface area contributed by atoms with Gasteiger partial charge < -0.3 is 20.1 Å². The van der Waals surface area contributed by atoms with Crippen LogP contribution in [0.3, 0.4) is 0 Å². The largest absolute Gasteiger partial charge is 0.508 e. The first-order chi connectivity index (χ1) is 12.5. The van der Waals surface area contributed by atoms with E-state index in [9.17, 15) is 10.2 Å². The Bertz CT molecular complexity index is 694. The second-order valence-electron chi connectivity index (χ2n) is 5.51. The van der Waals surface area contributed by atoms with Crippen molar-refractivity contribution in [2.24, 2.45) is 0 Å². The van der Waals surface area contributed by atoms with Crippen LogP contribution in [-0.4, -0.2) is 35.1 Å². The number of aliphatic hydroxyl groups excluding tert-OH is 2. The highest BCUT2D eigenvalue weighted by Crippen LogP contribution is 2.25. The number of hydrogen-bond acceptors (Lipinski definition) is 6. The Hall–Kier alpha value is -1.38. The second-order valence-corrected chi connectivity index (χ2v) is 6.33. The van der Waals surface area contributed by atoms with Crippen LogP contribution in [0.5, 0.6) is 5.75 Å². The zero-order valence-corrected chi connectivity index (χ0v) is 15.5. The predicted octanol–water partition coefficient (Wildman–Crippen LogP) is 2.96. The maximum atomic E-state index is 10.1. The molecule has 1 atom stereocenters. The highest BCUT2D eigenvalue weighted by Gasteiger charge is 2.10. The monoisotopic (exact) mass is 401 g/mol. The molecule has 0 saturated heterocycles. The SMILES string of the molecule is OCc1cc([C@@H](O)CNOCCOCc2c(Cl)cccc2Cl)ccc1O. The normalized spacial score (nSPS) is 12.3. The van der Waals surface area contributed by atoms with E-state index in [1.807, 2.05) is 0 Å². The van der Waals surface area contributed by atoms with E-state index < -0.39 is 6.10 Å². The third-order valence-corrected chi connectivity index (χ3v) is 4.38. The minimum Gasteiger partial charge on any atom is -0.508 e. The predicted molar refractivity (Wildman–Crippen MR) is 99.1 cm³/mol. The molecule has 0 radical (unpaired) electrons. The zero-order valence-electron chi connectivity index (χ0n) is 14.0. The van der Waals surface area contributed by atoms with Crippen LogP contribution in [0.15, 0.2) is 36.4 Å². The summed E-state index contributed by atoms with van der Waals surface area (Å²) >= 11 is 12.1. The highest BCUT2D eigenvalue weighted by molar-refractivity contribution is 6.35. The van der Waals surface area contributed by atoms with E-state index in [-0.39, 0.29) is 32.1 Å². The molecule has 4 N–H and O–H groups in total. The molecule has 2 aromatic carbocycles. The van der Waals surface area contributed by atoms with Gasteiger partial charge in [-0.05, 0) is 29.8 Å². The van der Waals surface area contributed by atoms with Gasteiger partial charge in [0.2, 0.25) is 0 Å². The van der Waals surface area contributed by atoms with Gasteiger partial charge in [0, 0.05) is 21.2 Å². The van der Waals surface area contributed by atoms with Crippen LogP contribution in [-0.2, 0) is 22.8 Å². The molecule has 6 nitrogen and oxygen atoms in total. The Kier molecular flexibility index (Phi) is 8.61. The summed E-state index contributed by atoms with van der Waals surface area (Å²) in [4.78, 5) is 5.20. The van der Waals surface area contributed by atoms with Crippen molar-refractivity contribution in [3.05, 3.63) is 63.1 Å². The molecule has 26 heavy (non-hydrogen) atoms. The van der Waals surface area contributed by atoms with E-state index in [0.29, 0.717) is 27.8 Å². The molecule has 0 bridgehead atoms. The smallest absolute Gasteiger partial charge is 0.121 e. The molecule has 0 spiro atoms. The van der Waals surface area contributed by atoms with Crippen LogP contribution in [0.4, 0.5) is 0 Å². The van der Waals surface area contributed by atoms with Crippen molar-refractivity contribution in [3.8, 4) is 5.75 Å². The third kappa shape index (κ3) is 6.10. The van der Waals surface area contributed by atoms with Crippen molar-refractivity contribution < 1.29 is 24.9 Å². The van der Waals surface area contributed by atoms with Crippen molar-refractivity contribution in [1.29, 1.82) is 0 Å². The van der Waals surface area contributed by atoms with E-state index in [4.69, 9.17) is 37.9 Å². The molecule has 0 aromatic heterocycles. The topological polar surface area (TPSA) is 91.2 Å². The van der Waals surface area contributed by atoms with Crippen molar-refractivity contribution in [3.63, 3.8) is 0 Å². The number of benzene rings is 2. The molecule has 0 saturated carbocycles. The number of hydroxylamine groups is 1. The van der Waals surface area contributed by atoms with Crippen LogP contribution in [0.25, 0.3) is 0 Å². The summed E-state index contributed by atoms with van der Waals surface area (Å²) in [6, 6.07) is 9.81. The fraction of sp³-hybridized carbons (Fsp3) is 0.333. The quantitative estimate of drug-likeness (QED) is 0.361. The molecular weight excluding hydrogens is 381 g/mol. The van der Waals surface area contributed by atoms with Crippen molar-refractivity contribution in [2.75, 3.05) is 19.8 Å². The van der Waals surface area contributed by atoms with Gasteiger partial charge in [-0.1, -0.05) is 35.3 Å². The molecule has 0 aliphatic heterocycles. The van der Waals surface area contributed by atoms with Crippen molar-refractivity contribution in [2.45, 2.75) is 19.3 Å². The number of ether oxygens (including phenoxy) is 1. The number of hydrogen-bond donors (Lipinski definition) is 4. The summed E-state index contributed by atoms with van der Waals surface area (Å²) in [6.07, 6.45) is -0.844. The number of halogens is 2. The lowest BCUT2D eigenvalue weighted by molar-refractivity contribution is -0.0229. The van der Waals surface area contributed by atoms with Crippen LogP contribution < -0.4 is 5.48 Å². The minimum absolute atomic E-state index is 0.0107. The Labute approximate surface area is 161 Å². The number of phenols is 1. The van der Waals surface area contributed by atoms with Crippen molar-refractivity contribution in [1.82, 2.24) is 5.48 Å². The van der Waals surface area contributed by atoms with Crippen molar-refractivity contribution >= 4 is 23.2 Å². The molecule has 0 aliphatic carbocycles. The number of aromatic hydroxyl groups is 1. The second kappa shape index (κ2) is 10.7. The Morgan fingerprint density at radius 1 is 1.08 bits per heavy atom. The number of nitrogens with one attached hydrogen (secondary N) is 1. The standard InChI is InChI=1S/C18H21Cl2NO5/c19-15-2-1-3-16(20)14(15)11-25-6-7-26-21-9-18(24)12-4-5-17(23)13(8-12)10-22/h1-5,8,18,21-24H,6-7,9-11H2/t18-/m0/s1. The summed E-state index contributed by atoms with van der Waals surface area (Å²) in [5.41, 5.74) is 4.30. The van der Waals surface area contributed by atoms with Crippen LogP contribution in [0.1, 0.15) is 22.8 Å². The lowest BCUT2D eigenvalue weighted by Gasteiger charge is -2.14. The van der Waals surface area contributed by atoms with Gasteiger partial charge in [-0.15, -0.1) is 0 Å². The average Bonchev–Trinajstić information content (AvgIpc) is 2.63. The van der Waals surface area contributed by atoms with Gasteiger partial charge in [-0.2, -0.15) is 5.48 Å². The molecule has 0 heterocycles. The van der Waals surface area contributed by atoms with E-state index in [1.54, 1.807) is 24.3 Å². The van der Waals surface area contributed by atoms with Gasteiger partial charge in [0.25, 0.3) is 0 Å². The maximum absolute atomic E-state index is 10.1. The molecule has 8 heteroatoms. The van der Waals surface area contributed by atoms with E-state index in [1.165, 1.54) is 12.1 Å². The molecule has 0 fully saturated rings. The fourth-order valence-electron chi connectivity index (χ4n) is 2.21. The summed E-state index contributed by atoms with van der Waals surface area (Å²) in [5.74, 6) is -0.0107. The molecule has 0 amide bonds. The summed E-state index contributed by atoms with van der Waals surface area (Å²) in [5, 5.41) is 29.8.